The van der Waals surface area contributed by atoms with Gasteiger partial charge in [-0.25, -0.2) is 0 Å². The van der Waals surface area contributed by atoms with Gasteiger partial charge in [0.05, 0.1) is 34.3 Å². The van der Waals surface area contributed by atoms with E-state index in [1.54, 1.807) is 11.3 Å². The smallest absolute Gasteiger partial charge is 0.258 e. The molecule has 146 valence electrons. The zero-order valence-electron chi connectivity index (χ0n) is 14.4. The van der Waals surface area contributed by atoms with E-state index in [0.29, 0.717) is 40.6 Å². The van der Waals surface area contributed by atoms with Crippen molar-refractivity contribution in [2.45, 2.75) is 6.04 Å². The van der Waals surface area contributed by atoms with Gasteiger partial charge < -0.3 is 14.8 Å². The van der Waals surface area contributed by atoms with Crippen LogP contribution in [-0.2, 0) is 9.53 Å². The number of thiophene rings is 1. The molecule has 2 aromatic rings. The van der Waals surface area contributed by atoms with Gasteiger partial charge in [0.15, 0.2) is 6.61 Å². The molecule has 1 aliphatic heterocycles. The van der Waals surface area contributed by atoms with Gasteiger partial charge in [-0.05, 0) is 17.5 Å². The number of nitrogens with one attached hydrogen (secondary N) is 1. The Hall–Kier alpha value is -1.02. The quantitative estimate of drug-likeness (QED) is 0.641. The summed E-state index contributed by atoms with van der Waals surface area (Å²) in [6.45, 7) is 3.43. The summed E-state index contributed by atoms with van der Waals surface area (Å²) in [5.74, 6) is 0.0937. The van der Waals surface area contributed by atoms with Gasteiger partial charge in [-0.1, -0.05) is 40.9 Å². The van der Waals surface area contributed by atoms with Gasteiger partial charge in [0, 0.05) is 30.6 Å². The first-order valence-electron chi connectivity index (χ1n) is 8.44. The molecule has 1 atom stereocenters. The third-order valence-corrected chi connectivity index (χ3v) is 6.18. The summed E-state index contributed by atoms with van der Waals surface area (Å²) >= 11 is 19.6. The molecule has 0 spiro atoms. The maximum atomic E-state index is 12.3. The number of ether oxygens (including phenoxy) is 2. The molecule has 1 fully saturated rings. The average Bonchev–Trinajstić information content (AvgIpc) is 3.19. The predicted octanol–water partition coefficient (Wildman–Crippen LogP) is 4.28. The number of benzene rings is 1. The van der Waals surface area contributed by atoms with Crippen LogP contribution in [0.15, 0.2) is 29.6 Å². The second kappa shape index (κ2) is 9.96. The molecule has 0 saturated carbocycles. The Morgan fingerprint density at radius 3 is 2.67 bits per heavy atom. The number of carbonyl (C=O) groups excluding carboxylic acids is 1. The average molecular weight is 450 g/mol. The highest BCUT2D eigenvalue weighted by molar-refractivity contribution is 7.10. The zero-order valence-corrected chi connectivity index (χ0v) is 17.5. The topological polar surface area (TPSA) is 50.8 Å². The molecular weight excluding hydrogens is 431 g/mol. The van der Waals surface area contributed by atoms with Crippen molar-refractivity contribution in [1.29, 1.82) is 0 Å². The Bertz CT molecular complexity index is 767. The Balaban J connectivity index is 1.55. The van der Waals surface area contributed by atoms with Gasteiger partial charge in [0.25, 0.3) is 5.91 Å². The highest BCUT2D eigenvalue weighted by Gasteiger charge is 2.24. The van der Waals surface area contributed by atoms with Crippen molar-refractivity contribution in [1.82, 2.24) is 10.2 Å². The van der Waals surface area contributed by atoms with E-state index in [1.807, 2.05) is 11.4 Å². The van der Waals surface area contributed by atoms with Crippen LogP contribution in [0, 0.1) is 0 Å². The number of rotatable bonds is 7. The van der Waals surface area contributed by atoms with Gasteiger partial charge in [-0.15, -0.1) is 11.3 Å². The largest absolute Gasteiger partial charge is 0.482 e. The number of halogens is 3. The molecule has 0 radical (unpaired) electrons. The summed E-state index contributed by atoms with van der Waals surface area (Å²) in [5.41, 5.74) is 0. The minimum atomic E-state index is -0.230. The highest BCUT2D eigenvalue weighted by Crippen LogP contribution is 2.33. The van der Waals surface area contributed by atoms with Crippen LogP contribution < -0.4 is 10.1 Å². The van der Waals surface area contributed by atoms with Crippen LogP contribution in [0.25, 0.3) is 0 Å². The zero-order chi connectivity index (χ0) is 19.2. The standard InChI is InChI=1S/C18H19Cl3N2O3S/c19-12-8-14(21)16(9-13(12)20)26-11-18(24)22-10-15(17-2-1-7-27-17)23-3-5-25-6-4-23/h1-2,7-9,15H,3-6,10-11H2,(H,22,24)/t15-/m0/s1. The fraction of sp³-hybridized carbons (Fsp3) is 0.389. The molecule has 1 aromatic heterocycles. The van der Waals surface area contributed by atoms with Crippen LogP contribution in [0.4, 0.5) is 0 Å². The van der Waals surface area contributed by atoms with Gasteiger partial charge in [-0.2, -0.15) is 0 Å². The van der Waals surface area contributed by atoms with Crippen LogP contribution in [0.1, 0.15) is 10.9 Å². The first-order valence-corrected chi connectivity index (χ1v) is 10.4. The fourth-order valence-electron chi connectivity index (χ4n) is 2.80. The first-order chi connectivity index (χ1) is 13.0. The van der Waals surface area contributed by atoms with Crippen molar-refractivity contribution in [2.24, 2.45) is 0 Å². The van der Waals surface area contributed by atoms with Crippen LogP contribution in [0.3, 0.4) is 0 Å². The molecule has 1 aromatic carbocycles. The number of hydrogen-bond donors (Lipinski definition) is 1. The van der Waals surface area contributed by atoms with Gasteiger partial charge in [0.2, 0.25) is 0 Å². The van der Waals surface area contributed by atoms with Crippen molar-refractivity contribution in [3.05, 3.63) is 49.6 Å². The number of amides is 1. The molecule has 0 unspecified atom stereocenters. The summed E-state index contributed by atoms with van der Waals surface area (Å²) in [4.78, 5) is 15.8. The number of hydrogen-bond acceptors (Lipinski definition) is 5. The normalized spacial score (nSPS) is 16.1. The minimum absolute atomic E-state index is 0.117. The summed E-state index contributed by atoms with van der Waals surface area (Å²) < 4.78 is 10.9. The van der Waals surface area contributed by atoms with E-state index in [2.05, 4.69) is 16.3 Å². The summed E-state index contributed by atoms with van der Waals surface area (Å²) in [6, 6.07) is 7.21. The van der Waals surface area contributed by atoms with E-state index < -0.39 is 0 Å². The molecule has 0 bridgehead atoms. The Labute approximate surface area is 177 Å². The fourth-order valence-corrected chi connectivity index (χ4v) is 4.25. The second-order valence-corrected chi connectivity index (χ2v) is 8.17. The van der Waals surface area contributed by atoms with Crippen LogP contribution in [-0.4, -0.2) is 50.3 Å². The third kappa shape index (κ3) is 5.73. The minimum Gasteiger partial charge on any atom is -0.482 e. The van der Waals surface area contributed by atoms with Crippen molar-refractivity contribution in [2.75, 3.05) is 39.5 Å². The van der Waals surface area contributed by atoms with E-state index in [0.717, 1.165) is 13.1 Å². The maximum absolute atomic E-state index is 12.3. The van der Waals surface area contributed by atoms with E-state index in [1.165, 1.54) is 17.0 Å². The molecule has 27 heavy (non-hydrogen) atoms. The third-order valence-electron chi connectivity index (χ3n) is 4.18. The van der Waals surface area contributed by atoms with Crippen LogP contribution in [0.5, 0.6) is 5.75 Å². The van der Waals surface area contributed by atoms with Crippen molar-refractivity contribution in [3.8, 4) is 5.75 Å². The SMILES string of the molecule is O=C(COc1cc(Cl)c(Cl)cc1Cl)NC[C@@H](c1cccs1)N1CCOCC1. The lowest BCUT2D eigenvalue weighted by molar-refractivity contribution is -0.123. The molecule has 5 nitrogen and oxygen atoms in total. The predicted molar refractivity (Wildman–Crippen MR) is 109 cm³/mol. The van der Waals surface area contributed by atoms with E-state index in [4.69, 9.17) is 44.3 Å². The van der Waals surface area contributed by atoms with Gasteiger partial charge in [0.1, 0.15) is 5.75 Å². The Kier molecular flexibility index (Phi) is 7.64. The molecule has 1 amide bonds. The molecule has 1 saturated heterocycles. The molecule has 1 aliphatic rings. The maximum Gasteiger partial charge on any atom is 0.258 e. The summed E-state index contributed by atoms with van der Waals surface area (Å²) in [6.07, 6.45) is 0. The number of carbonyl (C=O) groups is 1. The second-order valence-electron chi connectivity index (χ2n) is 5.97. The molecular formula is C18H19Cl3N2O3S. The van der Waals surface area contributed by atoms with Gasteiger partial charge >= 0.3 is 0 Å². The molecule has 1 N–H and O–H groups in total. The monoisotopic (exact) mass is 448 g/mol. The summed E-state index contributed by atoms with van der Waals surface area (Å²) in [7, 11) is 0. The number of nitrogens with zero attached hydrogens (tertiary/aromatic N) is 1. The van der Waals surface area contributed by atoms with E-state index >= 15 is 0 Å². The lowest BCUT2D eigenvalue weighted by atomic mass is 10.2. The van der Waals surface area contributed by atoms with Gasteiger partial charge in [-0.3, -0.25) is 9.69 Å². The molecule has 2 heterocycles. The Morgan fingerprint density at radius 1 is 1.22 bits per heavy atom. The number of morpholine rings is 1. The van der Waals surface area contributed by atoms with Crippen LogP contribution >= 0.6 is 46.1 Å². The van der Waals surface area contributed by atoms with Crippen LogP contribution in [0.2, 0.25) is 15.1 Å². The van der Waals surface area contributed by atoms with Crippen molar-refractivity contribution in [3.63, 3.8) is 0 Å². The Morgan fingerprint density at radius 2 is 1.96 bits per heavy atom. The molecule has 0 aliphatic carbocycles. The van der Waals surface area contributed by atoms with Crippen molar-refractivity contribution >= 4 is 52.0 Å². The highest BCUT2D eigenvalue weighted by atomic mass is 35.5. The molecule has 9 heteroatoms. The van der Waals surface area contributed by atoms with E-state index in [9.17, 15) is 4.79 Å². The van der Waals surface area contributed by atoms with Crippen molar-refractivity contribution < 1.29 is 14.3 Å². The lowest BCUT2D eigenvalue weighted by Crippen LogP contribution is -2.44. The van der Waals surface area contributed by atoms with E-state index in [-0.39, 0.29) is 18.6 Å². The molecule has 3 rings (SSSR count). The summed E-state index contributed by atoms with van der Waals surface area (Å²) in [5, 5.41) is 5.95. The lowest BCUT2D eigenvalue weighted by Gasteiger charge is -2.34. The first kappa shape index (κ1) is 20.7.